The van der Waals surface area contributed by atoms with Crippen LogP contribution in [0.4, 0.5) is 5.13 Å². The third-order valence-corrected chi connectivity index (χ3v) is 7.67. The SMILES string of the molecule is O=C(Nc1nc(-c2cccnc2)cs1)c1ccc(S(=O)(=O)N2CCCCCC2)cc1. The van der Waals surface area contributed by atoms with Gasteiger partial charge in [0.1, 0.15) is 0 Å². The normalized spacial score (nSPS) is 15.5. The number of amides is 1. The van der Waals surface area contributed by atoms with Gasteiger partial charge in [0.2, 0.25) is 10.0 Å². The first-order chi connectivity index (χ1) is 14.5. The molecule has 9 heteroatoms. The van der Waals surface area contributed by atoms with Crippen LogP contribution in [0.2, 0.25) is 0 Å². The number of carbonyl (C=O) groups excluding carboxylic acids is 1. The molecule has 0 saturated carbocycles. The van der Waals surface area contributed by atoms with Gasteiger partial charge in [-0.15, -0.1) is 11.3 Å². The number of pyridine rings is 1. The van der Waals surface area contributed by atoms with Gasteiger partial charge in [-0.25, -0.2) is 13.4 Å². The number of rotatable bonds is 5. The highest BCUT2D eigenvalue weighted by atomic mass is 32.2. The Morgan fingerprint density at radius 2 is 1.77 bits per heavy atom. The molecule has 0 spiro atoms. The second-order valence-corrected chi connectivity index (χ2v) is 9.87. The van der Waals surface area contributed by atoms with E-state index in [1.54, 1.807) is 16.7 Å². The van der Waals surface area contributed by atoms with Gasteiger partial charge in [0.25, 0.3) is 5.91 Å². The number of sulfonamides is 1. The van der Waals surface area contributed by atoms with Crippen molar-refractivity contribution in [3.8, 4) is 11.3 Å². The lowest BCUT2D eigenvalue weighted by Crippen LogP contribution is -2.31. The zero-order valence-corrected chi connectivity index (χ0v) is 18.0. The second kappa shape index (κ2) is 9.03. The fourth-order valence-corrected chi connectivity index (χ4v) is 5.59. The van der Waals surface area contributed by atoms with E-state index in [9.17, 15) is 13.2 Å². The highest BCUT2D eigenvalue weighted by Gasteiger charge is 2.25. The van der Waals surface area contributed by atoms with Crippen LogP contribution in [0.3, 0.4) is 0 Å². The van der Waals surface area contributed by atoms with Gasteiger partial charge in [-0.1, -0.05) is 12.8 Å². The lowest BCUT2D eigenvalue weighted by atomic mass is 10.2. The third kappa shape index (κ3) is 4.58. The molecule has 156 valence electrons. The smallest absolute Gasteiger partial charge is 0.257 e. The molecule has 0 atom stereocenters. The lowest BCUT2D eigenvalue weighted by molar-refractivity contribution is 0.102. The van der Waals surface area contributed by atoms with E-state index < -0.39 is 10.0 Å². The first-order valence-corrected chi connectivity index (χ1v) is 12.1. The molecular weight excluding hydrogens is 420 g/mol. The standard InChI is InChI=1S/C21H22N4O3S2/c26-20(24-21-23-19(15-29-21)17-6-5-11-22-14-17)16-7-9-18(10-8-16)30(27,28)25-12-3-1-2-4-13-25/h5-11,14-15H,1-4,12-13H2,(H,23,24,26). The van der Waals surface area contributed by atoms with Crippen molar-refractivity contribution in [2.45, 2.75) is 30.6 Å². The molecule has 1 aliphatic rings. The molecule has 0 bridgehead atoms. The van der Waals surface area contributed by atoms with E-state index in [-0.39, 0.29) is 10.8 Å². The number of anilines is 1. The monoisotopic (exact) mass is 442 g/mol. The largest absolute Gasteiger partial charge is 0.298 e. The maximum Gasteiger partial charge on any atom is 0.257 e. The number of carbonyl (C=O) groups is 1. The molecule has 1 saturated heterocycles. The van der Waals surface area contributed by atoms with Crippen molar-refractivity contribution in [1.29, 1.82) is 0 Å². The van der Waals surface area contributed by atoms with Gasteiger partial charge in [0.15, 0.2) is 5.13 Å². The van der Waals surface area contributed by atoms with Crippen molar-refractivity contribution in [1.82, 2.24) is 14.3 Å². The van der Waals surface area contributed by atoms with Gasteiger partial charge < -0.3 is 0 Å². The summed E-state index contributed by atoms with van der Waals surface area (Å²) in [4.78, 5) is 21.3. The van der Waals surface area contributed by atoms with Crippen LogP contribution in [-0.2, 0) is 10.0 Å². The van der Waals surface area contributed by atoms with E-state index in [4.69, 9.17) is 0 Å². The van der Waals surface area contributed by atoms with Gasteiger partial charge in [-0.05, 0) is 49.2 Å². The fraction of sp³-hybridized carbons (Fsp3) is 0.286. The number of hydrogen-bond acceptors (Lipinski definition) is 6. The molecule has 1 N–H and O–H groups in total. The van der Waals surface area contributed by atoms with E-state index >= 15 is 0 Å². The van der Waals surface area contributed by atoms with Crippen molar-refractivity contribution in [3.63, 3.8) is 0 Å². The van der Waals surface area contributed by atoms with Crippen LogP contribution in [-0.4, -0.2) is 41.7 Å². The minimum absolute atomic E-state index is 0.217. The highest BCUT2D eigenvalue weighted by Crippen LogP contribution is 2.25. The van der Waals surface area contributed by atoms with Crippen LogP contribution in [0.15, 0.2) is 59.1 Å². The Labute approximate surface area is 179 Å². The van der Waals surface area contributed by atoms with Crippen molar-refractivity contribution in [3.05, 3.63) is 59.7 Å². The number of aromatic nitrogens is 2. The summed E-state index contributed by atoms with van der Waals surface area (Å²) >= 11 is 1.32. The quantitative estimate of drug-likeness (QED) is 0.644. The summed E-state index contributed by atoms with van der Waals surface area (Å²) in [5.74, 6) is -0.333. The van der Waals surface area contributed by atoms with Gasteiger partial charge in [0.05, 0.1) is 10.6 Å². The molecule has 30 heavy (non-hydrogen) atoms. The van der Waals surface area contributed by atoms with Gasteiger partial charge >= 0.3 is 0 Å². The number of hydrogen-bond donors (Lipinski definition) is 1. The Bertz CT molecular complexity index is 1100. The minimum atomic E-state index is -3.53. The molecule has 3 heterocycles. The Hall–Kier alpha value is -2.62. The molecule has 0 radical (unpaired) electrons. The zero-order valence-electron chi connectivity index (χ0n) is 16.3. The molecule has 2 aromatic heterocycles. The van der Waals surface area contributed by atoms with Crippen molar-refractivity contribution in [2.75, 3.05) is 18.4 Å². The Morgan fingerprint density at radius 1 is 1.03 bits per heavy atom. The molecule has 7 nitrogen and oxygen atoms in total. The van der Waals surface area contributed by atoms with Crippen LogP contribution in [0.25, 0.3) is 11.3 Å². The predicted molar refractivity (Wildman–Crippen MR) is 117 cm³/mol. The van der Waals surface area contributed by atoms with Crippen molar-refractivity contribution >= 4 is 32.4 Å². The molecule has 1 aromatic carbocycles. The van der Waals surface area contributed by atoms with Crippen LogP contribution < -0.4 is 5.32 Å². The number of nitrogens with zero attached hydrogens (tertiary/aromatic N) is 3. The molecule has 1 amide bonds. The molecule has 0 unspecified atom stereocenters. The van der Waals surface area contributed by atoms with Crippen LogP contribution in [0.5, 0.6) is 0 Å². The Balaban J connectivity index is 1.45. The third-order valence-electron chi connectivity index (χ3n) is 5.00. The summed E-state index contributed by atoms with van der Waals surface area (Å²) in [6.45, 7) is 1.10. The molecule has 0 aliphatic carbocycles. The fourth-order valence-electron chi connectivity index (χ4n) is 3.36. The molecular formula is C21H22N4O3S2. The zero-order chi connectivity index (χ0) is 21.0. The topological polar surface area (TPSA) is 92.3 Å². The summed E-state index contributed by atoms with van der Waals surface area (Å²) in [6, 6.07) is 9.80. The second-order valence-electron chi connectivity index (χ2n) is 7.08. The maximum atomic E-state index is 12.9. The Morgan fingerprint density at radius 3 is 2.43 bits per heavy atom. The van der Waals surface area contributed by atoms with Crippen LogP contribution >= 0.6 is 11.3 Å². The Kier molecular flexibility index (Phi) is 6.21. The summed E-state index contributed by atoms with van der Waals surface area (Å²) in [7, 11) is -3.53. The minimum Gasteiger partial charge on any atom is -0.298 e. The highest BCUT2D eigenvalue weighted by molar-refractivity contribution is 7.89. The van der Waals surface area contributed by atoms with Crippen molar-refractivity contribution < 1.29 is 13.2 Å². The molecule has 3 aromatic rings. The first kappa shape index (κ1) is 20.6. The first-order valence-electron chi connectivity index (χ1n) is 9.81. The summed E-state index contributed by atoms with van der Waals surface area (Å²) in [5.41, 5.74) is 1.99. The van der Waals surface area contributed by atoms with Crippen LogP contribution in [0.1, 0.15) is 36.0 Å². The summed E-state index contributed by atoms with van der Waals surface area (Å²) in [5, 5.41) is 5.09. The van der Waals surface area contributed by atoms with Crippen molar-refractivity contribution in [2.24, 2.45) is 0 Å². The van der Waals surface area contributed by atoms with Gasteiger partial charge in [0, 0.05) is 42.0 Å². The van der Waals surface area contributed by atoms with Gasteiger partial charge in [-0.2, -0.15) is 4.31 Å². The van der Waals surface area contributed by atoms with E-state index in [2.05, 4.69) is 15.3 Å². The molecule has 1 fully saturated rings. The average molecular weight is 443 g/mol. The number of nitrogens with one attached hydrogen (secondary N) is 1. The molecule has 4 rings (SSSR count). The van der Waals surface area contributed by atoms with E-state index in [1.807, 2.05) is 17.5 Å². The average Bonchev–Trinajstić information content (AvgIpc) is 3.05. The maximum absolute atomic E-state index is 12.9. The summed E-state index contributed by atoms with van der Waals surface area (Å²) in [6.07, 6.45) is 7.29. The van der Waals surface area contributed by atoms with E-state index in [1.165, 1.54) is 35.6 Å². The number of thiazole rings is 1. The predicted octanol–water partition coefficient (Wildman–Crippen LogP) is 4.02. The lowest BCUT2D eigenvalue weighted by Gasteiger charge is -2.20. The van der Waals surface area contributed by atoms with Gasteiger partial charge in [-0.3, -0.25) is 15.1 Å². The summed E-state index contributed by atoms with van der Waals surface area (Å²) < 4.78 is 27.3. The number of benzene rings is 1. The van der Waals surface area contributed by atoms with Crippen LogP contribution in [0, 0.1) is 0 Å². The molecule has 1 aliphatic heterocycles. The van der Waals surface area contributed by atoms with E-state index in [0.29, 0.717) is 23.8 Å². The van der Waals surface area contributed by atoms with E-state index in [0.717, 1.165) is 36.9 Å².